The van der Waals surface area contributed by atoms with Gasteiger partial charge in [-0.2, -0.15) is 0 Å². The number of benzene rings is 3. The van der Waals surface area contributed by atoms with E-state index >= 15 is 0 Å². The molecule has 0 aromatic heterocycles. The Morgan fingerprint density at radius 2 is 1.58 bits per heavy atom. The summed E-state index contributed by atoms with van der Waals surface area (Å²) in [5, 5.41) is 3.87. The van der Waals surface area contributed by atoms with Gasteiger partial charge in [0.1, 0.15) is 6.04 Å². The summed E-state index contributed by atoms with van der Waals surface area (Å²) in [5.41, 5.74) is 2.83. The molecule has 2 amide bonds. The van der Waals surface area contributed by atoms with Gasteiger partial charge in [-0.15, -0.1) is 0 Å². The highest BCUT2D eigenvalue weighted by Crippen LogP contribution is 2.21. The van der Waals surface area contributed by atoms with Crippen LogP contribution in [0.5, 0.6) is 0 Å². The standard InChI is InChI=1S/C30H32BrClN2O2/c31-25-16-14-23(15-17-25)21-34(29(35)20-24-10-7-11-26(32)18-24)28(19-22-8-3-1-4-9-22)30(36)33-27-12-5-2-6-13-27/h1,3-4,7-11,14-18,27-28H,2,5-6,12-13,19-21H2,(H,33,36). The zero-order valence-corrected chi connectivity index (χ0v) is 22.7. The van der Waals surface area contributed by atoms with E-state index in [4.69, 9.17) is 11.6 Å². The first-order valence-corrected chi connectivity index (χ1v) is 13.8. The number of rotatable bonds is 9. The van der Waals surface area contributed by atoms with Crippen molar-refractivity contribution in [2.45, 2.75) is 63.6 Å². The molecule has 0 radical (unpaired) electrons. The smallest absolute Gasteiger partial charge is 0.243 e. The van der Waals surface area contributed by atoms with Gasteiger partial charge in [-0.05, 0) is 53.8 Å². The van der Waals surface area contributed by atoms with E-state index in [2.05, 4.69) is 21.2 Å². The topological polar surface area (TPSA) is 49.4 Å². The zero-order valence-electron chi connectivity index (χ0n) is 20.3. The van der Waals surface area contributed by atoms with E-state index in [9.17, 15) is 9.59 Å². The van der Waals surface area contributed by atoms with E-state index in [1.54, 1.807) is 11.0 Å². The lowest BCUT2D eigenvalue weighted by molar-refractivity contribution is -0.141. The Labute approximate surface area is 227 Å². The summed E-state index contributed by atoms with van der Waals surface area (Å²) in [6, 6.07) is 24.7. The third-order valence-electron chi connectivity index (χ3n) is 6.73. The molecule has 4 rings (SSSR count). The maximum Gasteiger partial charge on any atom is 0.243 e. The van der Waals surface area contributed by atoms with Crippen molar-refractivity contribution in [1.29, 1.82) is 0 Å². The molecule has 188 valence electrons. The van der Waals surface area contributed by atoms with Crippen LogP contribution in [0.2, 0.25) is 5.02 Å². The van der Waals surface area contributed by atoms with Gasteiger partial charge < -0.3 is 10.2 Å². The molecule has 1 fully saturated rings. The second-order valence-electron chi connectivity index (χ2n) is 9.50. The average molecular weight is 568 g/mol. The van der Waals surface area contributed by atoms with Crippen molar-refractivity contribution >= 4 is 39.3 Å². The molecule has 0 spiro atoms. The van der Waals surface area contributed by atoms with Gasteiger partial charge >= 0.3 is 0 Å². The van der Waals surface area contributed by atoms with Crippen LogP contribution in [-0.4, -0.2) is 28.8 Å². The van der Waals surface area contributed by atoms with Gasteiger partial charge in [0.05, 0.1) is 6.42 Å². The molecule has 36 heavy (non-hydrogen) atoms. The van der Waals surface area contributed by atoms with Gasteiger partial charge in [-0.1, -0.05) is 101 Å². The molecule has 1 aliphatic rings. The maximum atomic E-state index is 13.8. The molecule has 4 nitrogen and oxygen atoms in total. The zero-order chi connectivity index (χ0) is 25.3. The van der Waals surface area contributed by atoms with Crippen LogP contribution in [0.15, 0.2) is 83.3 Å². The number of hydrogen-bond acceptors (Lipinski definition) is 2. The summed E-state index contributed by atoms with van der Waals surface area (Å²) in [4.78, 5) is 29.3. The largest absolute Gasteiger partial charge is 0.352 e. The first-order chi connectivity index (χ1) is 17.5. The molecule has 1 unspecified atom stereocenters. The summed E-state index contributed by atoms with van der Waals surface area (Å²) in [7, 11) is 0. The fraction of sp³-hybridized carbons (Fsp3) is 0.333. The Morgan fingerprint density at radius 1 is 0.889 bits per heavy atom. The van der Waals surface area contributed by atoms with Crippen LogP contribution >= 0.6 is 27.5 Å². The highest BCUT2D eigenvalue weighted by molar-refractivity contribution is 9.10. The molecule has 3 aromatic rings. The molecule has 1 atom stereocenters. The molecular weight excluding hydrogens is 536 g/mol. The van der Waals surface area contributed by atoms with Crippen molar-refractivity contribution in [1.82, 2.24) is 10.2 Å². The van der Waals surface area contributed by atoms with Crippen molar-refractivity contribution in [2.24, 2.45) is 0 Å². The van der Waals surface area contributed by atoms with Crippen LogP contribution in [0.4, 0.5) is 0 Å². The third-order valence-corrected chi connectivity index (χ3v) is 7.50. The minimum Gasteiger partial charge on any atom is -0.352 e. The van der Waals surface area contributed by atoms with Gasteiger partial charge in [-0.25, -0.2) is 0 Å². The van der Waals surface area contributed by atoms with E-state index < -0.39 is 6.04 Å². The summed E-state index contributed by atoms with van der Waals surface area (Å²) >= 11 is 9.67. The molecule has 1 aliphatic carbocycles. The van der Waals surface area contributed by atoms with Crippen molar-refractivity contribution in [3.05, 3.63) is 105 Å². The Hall–Kier alpha value is -2.63. The Bertz CT molecular complexity index is 1150. The Morgan fingerprint density at radius 3 is 2.28 bits per heavy atom. The van der Waals surface area contributed by atoms with Gasteiger partial charge in [0.15, 0.2) is 0 Å². The molecular formula is C30H32BrClN2O2. The Balaban J connectivity index is 1.65. The fourth-order valence-electron chi connectivity index (χ4n) is 4.81. The first-order valence-electron chi connectivity index (χ1n) is 12.6. The van der Waals surface area contributed by atoms with E-state index in [-0.39, 0.29) is 24.3 Å². The lowest BCUT2D eigenvalue weighted by atomic mass is 9.94. The van der Waals surface area contributed by atoms with Crippen LogP contribution in [0.3, 0.4) is 0 Å². The van der Waals surface area contributed by atoms with E-state index in [0.29, 0.717) is 18.0 Å². The number of carbonyl (C=O) groups excluding carboxylic acids is 2. The average Bonchev–Trinajstić information content (AvgIpc) is 2.88. The third kappa shape index (κ3) is 7.68. The van der Waals surface area contributed by atoms with Crippen molar-refractivity contribution in [2.75, 3.05) is 0 Å². The van der Waals surface area contributed by atoms with Crippen molar-refractivity contribution < 1.29 is 9.59 Å². The molecule has 0 bridgehead atoms. The van der Waals surface area contributed by atoms with Crippen molar-refractivity contribution in [3.8, 4) is 0 Å². The molecule has 0 saturated heterocycles. The normalized spacial score (nSPS) is 14.7. The summed E-state index contributed by atoms with van der Waals surface area (Å²) in [6.45, 7) is 0.349. The number of nitrogens with one attached hydrogen (secondary N) is 1. The predicted molar refractivity (Wildman–Crippen MR) is 149 cm³/mol. The quantitative estimate of drug-likeness (QED) is 0.312. The lowest BCUT2D eigenvalue weighted by Gasteiger charge is -2.33. The number of carbonyl (C=O) groups is 2. The van der Waals surface area contributed by atoms with E-state index in [1.165, 1.54) is 6.42 Å². The number of hydrogen-bond donors (Lipinski definition) is 1. The van der Waals surface area contributed by atoms with Crippen LogP contribution in [-0.2, 0) is 29.0 Å². The number of amides is 2. The second kappa shape index (κ2) is 13.1. The van der Waals surface area contributed by atoms with Gasteiger partial charge in [0.2, 0.25) is 11.8 Å². The summed E-state index contributed by atoms with van der Waals surface area (Å²) < 4.78 is 0.971. The molecule has 0 aliphatic heterocycles. The summed E-state index contributed by atoms with van der Waals surface area (Å²) in [5.74, 6) is -0.179. The maximum absolute atomic E-state index is 13.8. The minimum absolute atomic E-state index is 0.0812. The number of nitrogens with zero attached hydrogens (tertiary/aromatic N) is 1. The van der Waals surface area contributed by atoms with Gasteiger partial charge in [-0.3, -0.25) is 9.59 Å². The molecule has 1 saturated carbocycles. The molecule has 6 heteroatoms. The van der Waals surface area contributed by atoms with Crippen LogP contribution in [0, 0.1) is 0 Å². The predicted octanol–water partition coefficient (Wildman–Crippen LogP) is 6.73. The minimum atomic E-state index is -0.621. The molecule has 1 N–H and O–H groups in total. The fourth-order valence-corrected chi connectivity index (χ4v) is 5.29. The molecule has 0 heterocycles. The van der Waals surface area contributed by atoms with Gasteiger partial charge in [0.25, 0.3) is 0 Å². The highest BCUT2D eigenvalue weighted by Gasteiger charge is 2.32. The monoisotopic (exact) mass is 566 g/mol. The van der Waals surface area contributed by atoms with Crippen LogP contribution in [0.25, 0.3) is 0 Å². The second-order valence-corrected chi connectivity index (χ2v) is 10.9. The first kappa shape index (κ1) is 26.4. The number of halogens is 2. The van der Waals surface area contributed by atoms with Gasteiger partial charge in [0, 0.05) is 28.5 Å². The van der Waals surface area contributed by atoms with E-state index in [1.807, 2.05) is 72.8 Å². The summed E-state index contributed by atoms with van der Waals surface area (Å²) in [6.07, 6.45) is 6.10. The SMILES string of the molecule is O=C(NC1CCCCC1)C(Cc1ccccc1)N(Cc1ccc(Br)cc1)C(=O)Cc1cccc(Cl)c1. The van der Waals surface area contributed by atoms with Crippen molar-refractivity contribution in [3.63, 3.8) is 0 Å². The molecule has 3 aromatic carbocycles. The van der Waals surface area contributed by atoms with E-state index in [0.717, 1.165) is 46.8 Å². The Kier molecular flexibility index (Phi) is 9.60. The lowest BCUT2D eigenvalue weighted by Crippen LogP contribution is -2.53. The van der Waals surface area contributed by atoms with Crippen LogP contribution in [0.1, 0.15) is 48.8 Å². The van der Waals surface area contributed by atoms with Crippen LogP contribution < -0.4 is 5.32 Å². The highest BCUT2D eigenvalue weighted by atomic mass is 79.9.